The SMILES string of the molecule is COc1ccc2c(c1)C1=NN(C(C)=O)[C@@H](c3ccccc3)[C@@H]1CC2. The normalized spacial score (nSPS) is 21.8. The average molecular weight is 320 g/mol. The Morgan fingerprint density at radius 1 is 1.21 bits per heavy atom. The fraction of sp³-hybridized carbons (Fsp3) is 0.300. The van der Waals surface area contributed by atoms with E-state index in [1.165, 1.54) is 5.56 Å². The largest absolute Gasteiger partial charge is 0.497 e. The van der Waals surface area contributed by atoms with Crippen LogP contribution in [0.4, 0.5) is 0 Å². The Hall–Kier alpha value is -2.62. The summed E-state index contributed by atoms with van der Waals surface area (Å²) in [6.07, 6.45) is 2.00. The summed E-state index contributed by atoms with van der Waals surface area (Å²) < 4.78 is 5.38. The van der Waals surface area contributed by atoms with E-state index in [4.69, 9.17) is 9.84 Å². The number of aryl methyl sites for hydroxylation is 1. The summed E-state index contributed by atoms with van der Waals surface area (Å²) in [5.41, 5.74) is 4.56. The van der Waals surface area contributed by atoms with Gasteiger partial charge in [0.25, 0.3) is 0 Å². The van der Waals surface area contributed by atoms with E-state index in [0.717, 1.165) is 35.4 Å². The number of methoxy groups -OCH3 is 1. The quantitative estimate of drug-likeness (QED) is 0.849. The van der Waals surface area contributed by atoms with E-state index in [9.17, 15) is 4.79 Å². The standard InChI is InChI=1S/C20H20N2O2/c1-13(23)22-20(15-6-4-3-5-7-15)17-11-9-14-8-10-16(24-2)12-18(14)19(17)21-22/h3-8,10,12,17,20H,9,11H2,1-2H3/t17-,20+/m1/s1. The van der Waals surface area contributed by atoms with Crippen molar-refractivity contribution in [2.24, 2.45) is 11.0 Å². The molecule has 0 bridgehead atoms. The first-order valence-corrected chi connectivity index (χ1v) is 8.29. The number of amides is 1. The second-order valence-corrected chi connectivity index (χ2v) is 6.37. The Morgan fingerprint density at radius 3 is 2.71 bits per heavy atom. The minimum atomic E-state index is -0.0183. The Labute approximate surface area is 141 Å². The number of rotatable bonds is 2. The molecule has 0 spiro atoms. The molecule has 4 heteroatoms. The van der Waals surface area contributed by atoms with Crippen molar-refractivity contribution in [3.8, 4) is 5.75 Å². The Morgan fingerprint density at radius 2 is 2.00 bits per heavy atom. The molecular formula is C20H20N2O2. The molecule has 0 fully saturated rings. The van der Waals surface area contributed by atoms with Crippen molar-refractivity contribution in [3.63, 3.8) is 0 Å². The summed E-state index contributed by atoms with van der Waals surface area (Å²) in [6.45, 7) is 1.59. The van der Waals surface area contributed by atoms with Gasteiger partial charge in [-0.3, -0.25) is 4.79 Å². The molecule has 0 saturated carbocycles. The Balaban J connectivity index is 1.81. The van der Waals surface area contributed by atoms with Gasteiger partial charge in [0, 0.05) is 18.4 Å². The molecule has 0 saturated heterocycles. The minimum absolute atomic E-state index is 0.0157. The van der Waals surface area contributed by atoms with Gasteiger partial charge in [-0.15, -0.1) is 0 Å². The van der Waals surface area contributed by atoms with Crippen LogP contribution in [0.25, 0.3) is 0 Å². The van der Waals surface area contributed by atoms with Crippen LogP contribution in [0.3, 0.4) is 0 Å². The topological polar surface area (TPSA) is 41.9 Å². The summed E-state index contributed by atoms with van der Waals surface area (Å²) in [7, 11) is 1.67. The van der Waals surface area contributed by atoms with Crippen LogP contribution in [0.15, 0.2) is 53.6 Å². The lowest BCUT2D eigenvalue weighted by Gasteiger charge is -2.29. The highest BCUT2D eigenvalue weighted by atomic mass is 16.5. The highest BCUT2D eigenvalue weighted by Gasteiger charge is 2.42. The molecule has 0 unspecified atom stereocenters. The van der Waals surface area contributed by atoms with E-state index in [1.54, 1.807) is 19.0 Å². The fourth-order valence-corrected chi connectivity index (χ4v) is 3.86. The van der Waals surface area contributed by atoms with Gasteiger partial charge in [-0.05, 0) is 36.1 Å². The van der Waals surface area contributed by atoms with Gasteiger partial charge >= 0.3 is 0 Å². The molecule has 2 aliphatic rings. The first-order valence-electron chi connectivity index (χ1n) is 8.29. The number of benzene rings is 2. The summed E-state index contributed by atoms with van der Waals surface area (Å²) in [5.74, 6) is 1.04. The zero-order valence-electron chi connectivity index (χ0n) is 13.9. The highest BCUT2D eigenvalue weighted by Crippen LogP contribution is 2.43. The van der Waals surface area contributed by atoms with Crippen LogP contribution in [0, 0.1) is 5.92 Å². The van der Waals surface area contributed by atoms with Crippen LogP contribution in [0.5, 0.6) is 5.75 Å². The Kier molecular flexibility index (Phi) is 3.60. The molecule has 0 aromatic heterocycles. The van der Waals surface area contributed by atoms with E-state index >= 15 is 0 Å². The van der Waals surface area contributed by atoms with Gasteiger partial charge < -0.3 is 4.74 Å². The van der Waals surface area contributed by atoms with Crippen molar-refractivity contribution in [3.05, 3.63) is 65.2 Å². The molecule has 0 radical (unpaired) electrons. The van der Waals surface area contributed by atoms with E-state index in [-0.39, 0.29) is 17.9 Å². The van der Waals surface area contributed by atoms with E-state index in [1.807, 2.05) is 30.3 Å². The van der Waals surface area contributed by atoms with E-state index < -0.39 is 0 Å². The lowest BCUT2D eigenvalue weighted by atomic mass is 9.77. The van der Waals surface area contributed by atoms with Gasteiger partial charge in [0.15, 0.2) is 0 Å². The van der Waals surface area contributed by atoms with Gasteiger partial charge in [-0.25, -0.2) is 5.01 Å². The molecular weight excluding hydrogens is 300 g/mol. The number of fused-ring (bicyclic) bond motifs is 3. The third-order valence-corrected chi connectivity index (χ3v) is 4.99. The lowest BCUT2D eigenvalue weighted by Crippen LogP contribution is -2.31. The third kappa shape index (κ3) is 2.30. The molecule has 1 amide bonds. The number of hydrogen-bond donors (Lipinski definition) is 0. The second kappa shape index (κ2) is 5.78. The van der Waals surface area contributed by atoms with Crippen LogP contribution < -0.4 is 4.74 Å². The predicted octanol–water partition coefficient (Wildman–Crippen LogP) is 3.57. The smallest absolute Gasteiger partial charge is 0.240 e. The molecule has 1 heterocycles. The molecule has 4 rings (SSSR count). The van der Waals surface area contributed by atoms with Crippen LogP contribution in [0.1, 0.15) is 36.1 Å². The maximum atomic E-state index is 12.2. The van der Waals surface area contributed by atoms with Crippen LogP contribution >= 0.6 is 0 Å². The van der Waals surface area contributed by atoms with Crippen molar-refractivity contribution >= 4 is 11.6 Å². The van der Waals surface area contributed by atoms with Crippen molar-refractivity contribution in [1.82, 2.24) is 5.01 Å². The lowest BCUT2D eigenvalue weighted by molar-refractivity contribution is -0.131. The van der Waals surface area contributed by atoms with E-state index in [2.05, 4.69) is 18.2 Å². The van der Waals surface area contributed by atoms with Crippen molar-refractivity contribution in [2.45, 2.75) is 25.8 Å². The summed E-state index contributed by atoms with van der Waals surface area (Å²) in [6, 6.07) is 16.3. The number of nitrogens with zero attached hydrogens (tertiary/aromatic N) is 2. The van der Waals surface area contributed by atoms with Gasteiger partial charge in [0.05, 0.1) is 18.9 Å². The molecule has 0 N–H and O–H groups in total. The third-order valence-electron chi connectivity index (χ3n) is 4.99. The summed E-state index contributed by atoms with van der Waals surface area (Å²) in [5, 5.41) is 6.39. The zero-order chi connectivity index (χ0) is 16.7. The molecule has 1 aliphatic heterocycles. The number of carbonyl (C=O) groups excluding carboxylic acids is 1. The van der Waals surface area contributed by atoms with Crippen LogP contribution in [-0.4, -0.2) is 23.7 Å². The second-order valence-electron chi connectivity index (χ2n) is 6.37. The van der Waals surface area contributed by atoms with Crippen LogP contribution in [-0.2, 0) is 11.2 Å². The van der Waals surface area contributed by atoms with Gasteiger partial charge in [0.2, 0.25) is 5.91 Å². The maximum absolute atomic E-state index is 12.2. The van der Waals surface area contributed by atoms with Crippen molar-refractivity contribution in [2.75, 3.05) is 7.11 Å². The first-order chi connectivity index (χ1) is 11.7. The molecule has 1 aliphatic carbocycles. The highest BCUT2D eigenvalue weighted by molar-refractivity contribution is 6.07. The molecule has 2 atom stereocenters. The Bertz CT molecular complexity index is 814. The summed E-state index contributed by atoms with van der Waals surface area (Å²) in [4.78, 5) is 12.2. The fourth-order valence-electron chi connectivity index (χ4n) is 3.86. The minimum Gasteiger partial charge on any atom is -0.497 e. The number of carbonyl (C=O) groups is 1. The molecule has 4 nitrogen and oxygen atoms in total. The van der Waals surface area contributed by atoms with E-state index in [0.29, 0.717) is 0 Å². The van der Waals surface area contributed by atoms with Crippen LogP contribution in [0.2, 0.25) is 0 Å². The first kappa shape index (κ1) is 14.9. The molecule has 2 aromatic rings. The van der Waals surface area contributed by atoms with Crippen molar-refractivity contribution in [1.29, 1.82) is 0 Å². The monoisotopic (exact) mass is 320 g/mol. The van der Waals surface area contributed by atoms with Gasteiger partial charge in [-0.2, -0.15) is 5.10 Å². The number of hydrazone groups is 1. The molecule has 24 heavy (non-hydrogen) atoms. The van der Waals surface area contributed by atoms with Gasteiger partial charge in [-0.1, -0.05) is 36.4 Å². The maximum Gasteiger partial charge on any atom is 0.240 e. The number of ether oxygens (including phenoxy) is 1. The average Bonchev–Trinajstić information content (AvgIpc) is 3.02. The zero-order valence-corrected chi connectivity index (χ0v) is 13.9. The van der Waals surface area contributed by atoms with Crippen molar-refractivity contribution < 1.29 is 9.53 Å². The number of hydrogen-bond acceptors (Lipinski definition) is 3. The predicted molar refractivity (Wildman–Crippen MR) is 93.0 cm³/mol. The van der Waals surface area contributed by atoms with Gasteiger partial charge in [0.1, 0.15) is 5.75 Å². The molecule has 122 valence electrons. The molecule has 2 aromatic carbocycles. The summed E-state index contributed by atoms with van der Waals surface area (Å²) >= 11 is 0.